The standard InChI is InChI=1S/C18H17N5O2/c19-10-15-2-1-7-21-17(15)22-11-13-3-5-14(6-4-13)18(25)23-9-8-20-16(24)12-23/h1-7H,8-9,11-12H2,(H,20,24)(H,21,22). The van der Waals surface area contributed by atoms with E-state index in [1.807, 2.05) is 12.1 Å². The highest BCUT2D eigenvalue weighted by atomic mass is 16.2. The van der Waals surface area contributed by atoms with E-state index in [0.29, 0.717) is 36.6 Å². The molecule has 1 aliphatic rings. The van der Waals surface area contributed by atoms with Gasteiger partial charge in [-0.1, -0.05) is 12.1 Å². The number of piperazine rings is 1. The smallest absolute Gasteiger partial charge is 0.254 e. The minimum Gasteiger partial charge on any atom is -0.365 e. The largest absolute Gasteiger partial charge is 0.365 e. The van der Waals surface area contributed by atoms with E-state index in [2.05, 4.69) is 21.7 Å². The van der Waals surface area contributed by atoms with Gasteiger partial charge in [-0.25, -0.2) is 4.98 Å². The number of anilines is 1. The number of amides is 2. The third-order valence-electron chi connectivity index (χ3n) is 3.91. The molecule has 126 valence electrons. The van der Waals surface area contributed by atoms with Gasteiger partial charge in [0.1, 0.15) is 11.9 Å². The summed E-state index contributed by atoms with van der Waals surface area (Å²) in [5.74, 6) is 0.249. The van der Waals surface area contributed by atoms with E-state index < -0.39 is 0 Å². The van der Waals surface area contributed by atoms with Crippen LogP contribution >= 0.6 is 0 Å². The van der Waals surface area contributed by atoms with Crippen LogP contribution in [0.5, 0.6) is 0 Å². The first-order valence-electron chi connectivity index (χ1n) is 7.91. The molecule has 25 heavy (non-hydrogen) atoms. The predicted octanol–water partition coefficient (Wildman–Crippen LogP) is 1.14. The molecule has 0 atom stereocenters. The van der Waals surface area contributed by atoms with Gasteiger partial charge in [0, 0.05) is 31.4 Å². The number of rotatable bonds is 4. The lowest BCUT2D eigenvalue weighted by atomic mass is 10.1. The van der Waals surface area contributed by atoms with Gasteiger partial charge in [0.2, 0.25) is 5.91 Å². The molecule has 7 heteroatoms. The number of carbonyl (C=O) groups is 2. The second-order valence-electron chi connectivity index (χ2n) is 5.64. The summed E-state index contributed by atoms with van der Waals surface area (Å²) >= 11 is 0. The van der Waals surface area contributed by atoms with E-state index in [1.54, 1.807) is 35.4 Å². The Morgan fingerprint density at radius 1 is 1.32 bits per heavy atom. The number of benzene rings is 1. The molecule has 0 bridgehead atoms. The van der Waals surface area contributed by atoms with Crippen LogP contribution in [0.25, 0.3) is 0 Å². The Morgan fingerprint density at radius 3 is 2.84 bits per heavy atom. The molecule has 1 fully saturated rings. The zero-order chi connectivity index (χ0) is 17.6. The fourth-order valence-corrected chi connectivity index (χ4v) is 2.58. The van der Waals surface area contributed by atoms with Crippen molar-refractivity contribution in [2.75, 3.05) is 25.0 Å². The zero-order valence-corrected chi connectivity index (χ0v) is 13.5. The average Bonchev–Trinajstić information content (AvgIpc) is 2.66. The fraction of sp³-hybridized carbons (Fsp3) is 0.222. The Kier molecular flexibility index (Phi) is 4.90. The maximum Gasteiger partial charge on any atom is 0.254 e. The minimum absolute atomic E-state index is 0.0960. The first kappa shape index (κ1) is 16.5. The van der Waals surface area contributed by atoms with Crippen molar-refractivity contribution in [3.8, 4) is 6.07 Å². The topological polar surface area (TPSA) is 98.1 Å². The van der Waals surface area contributed by atoms with E-state index in [4.69, 9.17) is 5.26 Å². The summed E-state index contributed by atoms with van der Waals surface area (Å²) in [5, 5.41) is 14.9. The zero-order valence-electron chi connectivity index (χ0n) is 13.5. The van der Waals surface area contributed by atoms with Crippen LogP contribution in [0.1, 0.15) is 21.5 Å². The summed E-state index contributed by atoms with van der Waals surface area (Å²) in [6.07, 6.45) is 1.62. The molecule has 2 amide bonds. The maximum atomic E-state index is 12.4. The van der Waals surface area contributed by atoms with Crippen LogP contribution in [-0.2, 0) is 11.3 Å². The lowest BCUT2D eigenvalue weighted by molar-refractivity contribution is -0.123. The molecule has 0 unspecified atom stereocenters. The minimum atomic E-state index is -0.147. The van der Waals surface area contributed by atoms with Gasteiger partial charge in [-0.05, 0) is 29.8 Å². The van der Waals surface area contributed by atoms with Crippen LogP contribution in [0.3, 0.4) is 0 Å². The number of nitrogens with one attached hydrogen (secondary N) is 2. The first-order chi connectivity index (χ1) is 12.2. The van der Waals surface area contributed by atoms with Crippen LogP contribution < -0.4 is 10.6 Å². The summed E-state index contributed by atoms with van der Waals surface area (Å²) in [6.45, 7) is 1.59. The molecule has 2 heterocycles. The Balaban J connectivity index is 1.63. The van der Waals surface area contributed by atoms with Crippen molar-refractivity contribution in [2.24, 2.45) is 0 Å². The monoisotopic (exact) mass is 335 g/mol. The molecule has 2 aromatic rings. The van der Waals surface area contributed by atoms with Crippen molar-refractivity contribution in [2.45, 2.75) is 6.54 Å². The summed E-state index contributed by atoms with van der Waals surface area (Å²) in [6, 6.07) is 12.7. The summed E-state index contributed by atoms with van der Waals surface area (Å²) in [5.41, 5.74) is 1.99. The Bertz CT molecular complexity index is 826. The van der Waals surface area contributed by atoms with Crippen LogP contribution in [-0.4, -0.2) is 41.3 Å². The number of nitrogens with zero attached hydrogens (tertiary/aromatic N) is 3. The van der Waals surface area contributed by atoms with E-state index in [-0.39, 0.29) is 18.4 Å². The van der Waals surface area contributed by atoms with Crippen LogP contribution in [0.15, 0.2) is 42.6 Å². The van der Waals surface area contributed by atoms with E-state index in [9.17, 15) is 9.59 Å². The van der Waals surface area contributed by atoms with E-state index >= 15 is 0 Å². The molecule has 1 aromatic heterocycles. The molecule has 0 radical (unpaired) electrons. The Hall–Kier alpha value is -3.40. The Morgan fingerprint density at radius 2 is 2.12 bits per heavy atom. The highest BCUT2D eigenvalue weighted by molar-refractivity contribution is 5.97. The van der Waals surface area contributed by atoms with Crippen LogP contribution in [0.2, 0.25) is 0 Å². The van der Waals surface area contributed by atoms with Gasteiger partial charge in [0.15, 0.2) is 0 Å². The van der Waals surface area contributed by atoms with Gasteiger partial charge in [0.25, 0.3) is 5.91 Å². The summed E-state index contributed by atoms with van der Waals surface area (Å²) < 4.78 is 0. The second kappa shape index (κ2) is 7.45. The van der Waals surface area contributed by atoms with Crippen LogP contribution in [0, 0.1) is 11.3 Å². The van der Waals surface area contributed by atoms with Crippen molar-refractivity contribution in [1.29, 1.82) is 5.26 Å². The molecule has 2 N–H and O–H groups in total. The third kappa shape index (κ3) is 3.93. The van der Waals surface area contributed by atoms with Gasteiger partial charge in [-0.3, -0.25) is 9.59 Å². The van der Waals surface area contributed by atoms with Gasteiger partial charge >= 0.3 is 0 Å². The Labute approximate surface area is 145 Å². The molecule has 0 aliphatic carbocycles. The molecular weight excluding hydrogens is 318 g/mol. The van der Waals surface area contributed by atoms with Gasteiger partial charge in [-0.2, -0.15) is 5.26 Å². The molecule has 3 rings (SSSR count). The summed E-state index contributed by atoms with van der Waals surface area (Å²) in [7, 11) is 0. The van der Waals surface area contributed by atoms with Crippen molar-refractivity contribution in [3.05, 3.63) is 59.3 Å². The highest BCUT2D eigenvalue weighted by Crippen LogP contribution is 2.13. The molecule has 1 saturated heterocycles. The highest BCUT2D eigenvalue weighted by Gasteiger charge is 2.22. The lowest BCUT2D eigenvalue weighted by Crippen LogP contribution is -2.49. The molecule has 0 spiro atoms. The van der Waals surface area contributed by atoms with Crippen LogP contribution in [0.4, 0.5) is 5.82 Å². The third-order valence-corrected chi connectivity index (χ3v) is 3.91. The number of hydrogen-bond acceptors (Lipinski definition) is 5. The number of carbonyl (C=O) groups excluding carboxylic acids is 2. The van der Waals surface area contributed by atoms with E-state index in [1.165, 1.54) is 0 Å². The quantitative estimate of drug-likeness (QED) is 0.873. The number of hydrogen-bond donors (Lipinski definition) is 2. The number of aromatic nitrogens is 1. The molecule has 0 saturated carbocycles. The van der Waals surface area contributed by atoms with E-state index in [0.717, 1.165) is 5.56 Å². The predicted molar refractivity (Wildman–Crippen MR) is 91.6 cm³/mol. The van der Waals surface area contributed by atoms with Gasteiger partial charge in [0.05, 0.1) is 12.1 Å². The SMILES string of the molecule is N#Cc1cccnc1NCc1ccc(C(=O)N2CCNC(=O)C2)cc1. The van der Waals surface area contributed by atoms with Crippen molar-refractivity contribution in [1.82, 2.24) is 15.2 Å². The second-order valence-corrected chi connectivity index (χ2v) is 5.64. The van der Waals surface area contributed by atoms with Crippen molar-refractivity contribution >= 4 is 17.6 Å². The number of nitriles is 1. The van der Waals surface area contributed by atoms with Gasteiger partial charge < -0.3 is 15.5 Å². The fourth-order valence-electron chi connectivity index (χ4n) is 2.58. The van der Waals surface area contributed by atoms with Crippen molar-refractivity contribution < 1.29 is 9.59 Å². The lowest BCUT2D eigenvalue weighted by Gasteiger charge is -2.26. The van der Waals surface area contributed by atoms with Gasteiger partial charge in [-0.15, -0.1) is 0 Å². The first-order valence-corrected chi connectivity index (χ1v) is 7.91. The molecule has 7 nitrogen and oxygen atoms in total. The maximum absolute atomic E-state index is 12.4. The normalized spacial score (nSPS) is 13.7. The molecule has 1 aromatic carbocycles. The number of pyridine rings is 1. The molecular formula is C18H17N5O2. The molecule has 1 aliphatic heterocycles. The average molecular weight is 335 g/mol. The summed E-state index contributed by atoms with van der Waals surface area (Å²) in [4.78, 5) is 29.5. The van der Waals surface area contributed by atoms with Crippen molar-refractivity contribution in [3.63, 3.8) is 0 Å².